The normalized spacial score (nSPS) is 12.2. The number of aliphatic hydroxyl groups excluding tert-OH is 1. The number of nitrogens with one attached hydrogen (secondary N) is 2. The molecule has 0 bridgehead atoms. The summed E-state index contributed by atoms with van der Waals surface area (Å²) in [6.07, 6.45) is 3.13. The highest BCUT2D eigenvalue weighted by molar-refractivity contribution is 5.40. The molecule has 0 aliphatic heterocycles. The summed E-state index contributed by atoms with van der Waals surface area (Å²) in [5.74, 6) is 6.51. The SMILES string of the molecule is CC(CO)CNc1cncc(NN)n1. The quantitative estimate of drug-likeness (QED) is 0.386. The van der Waals surface area contributed by atoms with Crippen LogP contribution in [0, 0.1) is 5.92 Å². The van der Waals surface area contributed by atoms with Crippen LogP contribution >= 0.6 is 0 Å². The molecule has 0 aliphatic rings. The monoisotopic (exact) mass is 197 g/mol. The Bertz CT molecular complexity index is 280. The number of nitrogen functional groups attached to an aromatic ring is 1. The van der Waals surface area contributed by atoms with Crippen molar-refractivity contribution in [1.29, 1.82) is 0 Å². The summed E-state index contributed by atoms with van der Waals surface area (Å²) in [6, 6.07) is 0. The third-order valence-corrected chi connectivity index (χ3v) is 1.73. The van der Waals surface area contributed by atoms with Crippen LogP contribution in [-0.2, 0) is 0 Å². The van der Waals surface area contributed by atoms with Crippen molar-refractivity contribution in [2.45, 2.75) is 6.92 Å². The summed E-state index contributed by atoms with van der Waals surface area (Å²) >= 11 is 0. The van der Waals surface area contributed by atoms with Crippen LogP contribution in [0.5, 0.6) is 0 Å². The standard InChI is InChI=1S/C8H15N5O/c1-6(5-14)2-11-7-3-10-4-8(12-7)13-9/h3-4,6,14H,2,5,9H2,1H3,(H2,11,12,13). The number of nitrogens with two attached hydrogens (primary N) is 1. The molecular formula is C8H15N5O. The molecule has 1 unspecified atom stereocenters. The summed E-state index contributed by atoms with van der Waals surface area (Å²) < 4.78 is 0. The maximum atomic E-state index is 8.81. The molecule has 0 saturated heterocycles. The molecular weight excluding hydrogens is 182 g/mol. The van der Waals surface area contributed by atoms with Gasteiger partial charge >= 0.3 is 0 Å². The highest BCUT2D eigenvalue weighted by Gasteiger charge is 2.01. The number of hydrazine groups is 1. The first-order valence-corrected chi connectivity index (χ1v) is 4.39. The fraction of sp³-hybridized carbons (Fsp3) is 0.500. The third kappa shape index (κ3) is 3.15. The van der Waals surface area contributed by atoms with Crippen molar-refractivity contribution in [3.8, 4) is 0 Å². The molecule has 1 aromatic heterocycles. The van der Waals surface area contributed by atoms with Gasteiger partial charge in [0.05, 0.1) is 12.4 Å². The molecule has 6 nitrogen and oxygen atoms in total. The molecule has 0 spiro atoms. The number of anilines is 2. The topological polar surface area (TPSA) is 96.1 Å². The average Bonchev–Trinajstić information content (AvgIpc) is 2.26. The van der Waals surface area contributed by atoms with E-state index in [-0.39, 0.29) is 12.5 Å². The molecule has 1 atom stereocenters. The molecule has 0 aliphatic carbocycles. The van der Waals surface area contributed by atoms with Crippen LogP contribution in [-0.4, -0.2) is 28.2 Å². The molecule has 1 aromatic rings. The molecule has 0 amide bonds. The molecule has 14 heavy (non-hydrogen) atoms. The van der Waals surface area contributed by atoms with Gasteiger partial charge in [0.15, 0.2) is 5.82 Å². The number of nitrogens with zero attached hydrogens (tertiary/aromatic N) is 2. The number of hydrogen-bond acceptors (Lipinski definition) is 6. The van der Waals surface area contributed by atoms with Gasteiger partial charge in [0, 0.05) is 13.2 Å². The largest absolute Gasteiger partial charge is 0.396 e. The van der Waals surface area contributed by atoms with E-state index in [1.54, 1.807) is 6.20 Å². The number of hydrogen-bond donors (Lipinski definition) is 4. The van der Waals surface area contributed by atoms with E-state index in [1.807, 2.05) is 6.92 Å². The Morgan fingerprint density at radius 1 is 1.50 bits per heavy atom. The van der Waals surface area contributed by atoms with Gasteiger partial charge in [-0.05, 0) is 5.92 Å². The third-order valence-electron chi connectivity index (χ3n) is 1.73. The van der Waals surface area contributed by atoms with Crippen LogP contribution in [0.25, 0.3) is 0 Å². The van der Waals surface area contributed by atoms with E-state index in [2.05, 4.69) is 20.7 Å². The van der Waals surface area contributed by atoms with Crippen molar-refractivity contribution in [2.75, 3.05) is 23.9 Å². The minimum atomic E-state index is 0.148. The second-order valence-electron chi connectivity index (χ2n) is 3.10. The highest BCUT2D eigenvalue weighted by Crippen LogP contribution is 2.05. The molecule has 0 aromatic carbocycles. The van der Waals surface area contributed by atoms with Crippen molar-refractivity contribution in [1.82, 2.24) is 9.97 Å². The van der Waals surface area contributed by atoms with E-state index in [0.29, 0.717) is 18.2 Å². The minimum absolute atomic E-state index is 0.148. The van der Waals surface area contributed by atoms with Crippen molar-refractivity contribution in [3.05, 3.63) is 12.4 Å². The van der Waals surface area contributed by atoms with E-state index in [4.69, 9.17) is 10.9 Å². The first kappa shape index (κ1) is 10.7. The number of rotatable bonds is 5. The zero-order valence-corrected chi connectivity index (χ0v) is 8.07. The molecule has 6 heteroatoms. The molecule has 0 saturated carbocycles. The van der Waals surface area contributed by atoms with Crippen molar-refractivity contribution in [2.24, 2.45) is 11.8 Å². The van der Waals surface area contributed by atoms with Gasteiger partial charge in [-0.2, -0.15) is 0 Å². The van der Waals surface area contributed by atoms with Crippen molar-refractivity contribution in [3.63, 3.8) is 0 Å². The first-order valence-electron chi connectivity index (χ1n) is 4.39. The maximum Gasteiger partial charge on any atom is 0.160 e. The predicted molar refractivity (Wildman–Crippen MR) is 54.6 cm³/mol. The zero-order valence-electron chi connectivity index (χ0n) is 8.07. The van der Waals surface area contributed by atoms with Crippen LogP contribution in [0.15, 0.2) is 12.4 Å². The Morgan fingerprint density at radius 3 is 2.86 bits per heavy atom. The maximum absolute atomic E-state index is 8.81. The van der Waals surface area contributed by atoms with Crippen LogP contribution in [0.3, 0.4) is 0 Å². The second kappa shape index (κ2) is 5.36. The lowest BCUT2D eigenvalue weighted by molar-refractivity contribution is 0.244. The Morgan fingerprint density at radius 2 is 2.21 bits per heavy atom. The van der Waals surface area contributed by atoms with Gasteiger partial charge < -0.3 is 15.8 Å². The fourth-order valence-corrected chi connectivity index (χ4v) is 0.864. The predicted octanol–water partition coefficient (Wildman–Crippen LogP) is -0.198. The summed E-state index contributed by atoms with van der Waals surface area (Å²) in [4.78, 5) is 8.04. The minimum Gasteiger partial charge on any atom is -0.396 e. The molecule has 0 fully saturated rings. The second-order valence-corrected chi connectivity index (χ2v) is 3.10. The van der Waals surface area contributed by atoms with Gasteiger partial charge in [0.2, 0.25) is 0 Å². The van der Waals surface area contributed by atoms with Crippen molar-refractivity contribution >= 4 is 11.6 Å². The molecule has 1 rings (SSSR count). The van der Waals surface area contributed by atoms with Crippen LogP contribution in [0.2, 0.25) is 0 Å². The Labute approximate surface area is 82.5 Å². The Hall–Kier alpha value is -1.40. The summed E-state index contributed by atoms with van der Waals surface area (Å²) in [5, 5.41) is 11.8. The summed E-state index contributed by atoms with van der Waals surface area (Å²) in [5.41, 5.74) is 2.41. The van der Waals surface area contributed by atoms with E-state index in [1.165, 1.54) is 6.20 Å². The number of aliphatic hydroxyl groups is 1. The molecule has 78 valence electrons. The smallest absolute Gasteiger partial charge is 0.160 e. The van der Waals surface area contributed by atoms with Gasteiger partial charge in [-0.1, -0.05) is 6.92 Å². The summed E-state index contributed by atoms with van der Waals surface area (Å²) in [6.45, 7) is 2.74. The van der Waals surface area contributed by atoms with Crippen LogP contribution in [0.1, 0.15) is 6.92 Å². The van der Waals surface area contributed by atoms with E-state index in [0.717, 1.165) is 0 Å². The Balaban J connectivity index is 2.50. The van der Waals surface area contributed by atoms with Gasteiger partial charge in [0.1, 0.15) is 5.82 Å². The lowest BCUT2D eigenvalue weighted by Gasteiger charge is -2.10. The zero-order chi connectivity index (χ0) is 10.4. The van der Waals surface area contributed by atoms with Gasteiger partial charge in [-0.25, -0.2) is 10.8 Å². The summed E-state index contributed by atoms with van der Waals surface area (Å²) in [7, 11) is 0. The van der Waals surface area contributed by atoms with Gasteiger partial charge in [-0.15, -0.1) is 0 Å². The van der Waals surface area contributed by atoms with Gasteiger partial charge in [0.25, 0.3) is 0 Å². The van der Waals surface area contributed by atoms with Gasteiger partial charge in [-0.3, -0.25) is 4.98 Å². The van der Waals surface area contributed by atoms with Crippen LogP contribution < -0.4 is 16.6 Å². The average molecular weight is 197 g/mol. The fourth-order valence-electron chi connectivity index (χ4n) is 0.864. The lowest BCUT2D eigenvalue weighted by atomic mass is 10.2. The van der Waals surface area contributed by atoms with E-state index in [9.17, 15) is 0 Å². The highest BCUT2D eigenvalue weighted by atomic mass is 16.3. The number of aromatic nitrogens is 2. The van der Waals surface area contributed by atoms with E-state index < -0.39 is 0 Å². The van der Waals surface area contributed by atoms with Crippen molar-refractivity contribution < 1.29 is 5.11 Å². The van der Waals surface area contributed by atoms with Crippen LogP contribution in [0.4, 0.5) is 11.6 Å². The molecule has 0 radical (unpaired) electrons. The lowest BCUT2D eigenvalue weighted by Crippen LogP contribution is -2.16. The molecule has 1 heterocycles. The first-order chi connectivity index (χ1) is 6.76. The Kier molecular flexibility index (Phi) is 4.09. The van der Waals surface area contributed by atoms with E-state index >= 15 is 0 Å². The molecule has 5 N–H and O–H groups in total.